The maximum atomic E-state index is 12.3. The molecule has 2 aliphatic rings. The van der Waals surface area contributed by atoms with Crippen LogP contribution in [0.2, 0.25) is 0 Å². The van der Waals surface area contributed by atoms with Crippen LogP contribution in [-0.4, -0.2) is 49.7 Å². The van der Waals surface area contributed by atoms with Crippen molar-refractivity contribution in [3.63, 3.8) is 0 Å². The summed E-state index contributed by atoms with van der Waals surface area (Å²) in [4.78, 5) is 15.9. The molecule has 110 valence electrons. The Balaban J connectivity index is 1.47. The molecule has 1 amide bonds. The number of likely N-dealkylation sites (N-methyl/N-ethyl adjacent to an activating group) is 1. The zero-order valence-corrected chi connectivity index (χ0v) is 12.7. The van der Waals surface area contributed by atoms with Crippen LogP contribution in [0.25, 0.3) is 0 Å². The molecule has 3 rings (SSSR count). The molecule has 0 bridgehead atoms. The van der Waals surface area contributed by atoms with Gasteiger partial charge >= 0.3 is 0 Å². The number of rotatable bonds is 4. The minimum atomic E-state index is 0.0719. The van der Waals surface area contributed by atoms with Gasteiger partial charge in [0, 0.05) is 30.6 Å². The van der Waals surface area contributed by atoms with Crippen molar-refractivity contribution >= 4 is 17.2 Å². The van der Waals surface area contributed by atoms with Crippen LogP contribution >= 0.6 is 11.3 Å². The molecule has 2 saturated heterocycles. The smallest absolute Gasteiger partial charge is 0.224 e. The van der Waals surface area contributed by atoms with Crippen LogP contribution in [0, 0.1) is 5.92 Å². The Hall–Kier alpha value is -0.910. The number of amides is 1. The molecule has 0 unspecified atom stereocenters. The number of ether oxygens (including phenoxy) is 1. The summed E-state index contributed by atoms with van der Waals surface area (Å²) >= 11 is 1.74. The molecule has 5 heteroatoms. The van der Waals surface area contributed by atoms with Gasteiger partial charge in [0.25, 0.3) is 0 Å². The highest BCUT2D eigenvalue weighted by molar-refractivity contribution is 7.09. The van der Waals surface area contributed by atoms with Gasteiger partial charge in [-0.2, -0.15) is 0 Å². The Morgan fingerprint density at radius 3 is 3.30 bits per heavy atom. The highest BCUT2D eigenvalue weighted by Crippen LogP contribution is 2.30. The standard InChI is InChI=1S/C15H22N2O2S/c1-17-10-11(9-14-13(17)5-7-19-14)15(18)16-6-4-12-3-2-8-20-12/h2-3,8,11,13-14H,4-7,9-10H2,1H3,(H,16,18)/t11-,13+,14+/m1/s1. The summed E-state index contributed by atoms with van der Waals surface area (Å²) in [6, 6.07) is 4.68. The first-order valence-electron chi connectivity index (χ1n) is 7.36. The lowest BCUT2D eigenvalue weighted by molar-refractivity contribution is -0.129. The second-order valence-electron chi connectivity index (χ2n) is 5.76. The van der Waals surface area contributed by atoms with Gasteiger partial charge in [0.05, 0.1) is 12.0 Å². The molecule has 0 aromatic carbocycles. The Labute approximate surface area is 124 Å². The average molecular weight is 294 g/mol. The van der Waals surface area contributed by atoms with Crippen molar-refractivity contribution in [3.05, 3.63) is 22.4 Å². The third kappa shape index (κ3) is 3.05. The summed E-state index contributed by atoms with van der Waals surface area (Å²) in [5, 5.41) is 5.15. The normalized spacial score (nSPS) is 30.1. The second-order valence-corrected chi connectivity index (χ2v) is 6.79. The summed E-state index contributed by atoms with van der Waals surface area (Å²) in [6.07, 6.45) is 3.16. The van der Waals surface area contributed by atoms with Gasteiger partial charge in [-0.25, -0.2) is 0 Å². The first-order valence-corrected chi connectivity index (χ1v) is 8.24. The van der Waals surface area contributed by atoms with Crippen molar-refractivity contribution < 1.29 is 9.53 Å². The van der Waals surface area contributed by atoms with Crippen LogP contribution in [0.5, 0.6) is 0 Å². The number of hydrogen-bond acceptors (Lipinski definition) is 4. The van der Waals surface area contributed by atoms with Crippen molar-refractivity contribution in [3.8, 4) is 0 Å². The summed E-state index contributed by atoms with van der Waals surface area (Å²) in [6.45, 7) is 2.43. The van der Waals surface area contributed by atoms with Gasteiger partial charge < -0.3 is 10.1 Å². The van der Waals surface area contributed by atoms with Crippen LogP contribution in [0.4, 0.5) is 0 Å². The lowest BCUT2D eigenvalue weighted by Gasteiger charge is -2.37. The van der Waals surface area contributed by atoms with Crippen LogP contribution in [-0.2, 0) is 16.0 Å². The zero-order chi connectivity index (χ0) is 13.9. The fraction of sp³-hybridized carbons (Fsp3) is 0.667. The molecule has 0 saturated carbocycles. The number of carbonyl (C=O) groups is 1. The molecule has 1 aromatic heterocycles. The van der Waals surface area contributed by atoms with Crippen LogP contribution < -0.4 is 5.32 Å². The molecule has 2 aliphatic heterocycles. The van der Waals surface area contributed by atoms with Crippen LogP contribution in [0.3, 0.4) is 0 Å². The third-order valence-electron chi connectivity index (χ3n) is 4.39. The maximum Gasteiger partial charge on any atom is 0.224 e. The molecule has 1 aromatic rings. The molecule has 2 fully saturated rings. The minimum absolute atomic E-state index is 0.0719. The Morgan fingerprint density at radius 2 is 2.50 bits per heavy atom. The topological polar surface area (TPSA) is 41.6 Å². The van der Waals surface area contributed by atoms with E-state index in [-0.39, 0.29) is 17.9 Å². The maximum absolute atomic E-state index is 12.3. The predicted molar refractivity (Wildman–Crippen MR) is 79.9 cm³/mol. The highest BCUT2D eigenvalue weighted by atomic mass is 32.1. The third-order valence-corrected chi connectivity index (χ3v) is 5.32. The lowest BCUT2D eigenvalue weighted by Crippen LogP contribution is -2.51. The Bertz CT molecular complexity index is 449. The number of piperidine rings is 1. The first kappa shape index (κ1) is 14.0. The van der Waals surface area contributed by atoms with E-state index in [2.05, 4.69) is 34.8 Å². The van der Waals surface area contributed by atoms with E-state index in [0.717, 1.165) is 39.0 Å². The highest BCUT2D eigenvalue weighted by Gasteiger charge is 2.40. The largest absolute Gasteiger partial charge is 0.377 e. The average Bonchev–Trinajstić information content (AvgIpc) is 3.08. The predicted octanol–water partition coefficient (Wildman–Crippen LogP) is 1.52. The lowest BCUT2D eigenvalue weighted by atomic mass is 9.90. The number of nitrogens with one attached hydrogen (secondary N) is 1. The summed E-state index contributed by atoms with van der Waals surface area (Å²) in [7, 11) is 2.11. The summed E-state index contributed by atoms with van der Waals surface area (Å²) in [5.74, 6) is 0.255. The Kier molecular flexibility index (Phi) is 4.38. The van der Waals surface area contributed by atoms with Crippen LogP contribution in [0.1, 0.15) is 17.7 Å². The van der Waals surface area contributed by atoms with E-state index in [4.69, 9.17) is 4.74 Å². The quantitative estimate of drug-likeness (QED) is 0.915. The van der Waals surface area contributed by atoms with Crippen molar-refractivity contribution in [1.29, 1.82) is 0 Å². The number of fused-ring (bicyclic) bond motifs is 1. The van der Waals surface area contributed by atoms with E-state index in [1.165, 1.54) is 4.88 Å². The van der Waals surface area contributed by atoms with Gasteiger partial charge in [0.2, 0.25) is 5.91 Å². The second kappa shape index (κ2) is 6.24. The molecule has 0 radical (unpaired) electrons. The van der Waals surface area contributed by atoms with Crippen molar-refractivity contribution in [2.45, 2.75) is 31.4 Å². The van der Waals surface area contributed by atoms with E-state index in [9.17, 15) is 4.79 Å². The minimum Gasteiger partial charge on any atom is -0.377 e. The fourth-order valence-corrected chi connectivity index (χ4v) is 4.01. The van der Waals surface area contributed by atoms with Gasteiger partial charge in [-0.3, -0.25) is 9.69 Å². The van der Waals surface area contributed by atoms with Crippen molar-refractivity contribution in [1.82, 2.24) is 10.2 Å². The molecule has 1 N–H and O–H groups in total. The van der Waals surface area contributed by atoms with Crippen LogP contribution in [0.15, 0.2) is 17.5 Å². The molecular weight excluding hydrogens is 272 g/mol. The molecule has 0 spiro atoms. The molecule has 3 heterocycles. The van der Waals surface area contributed by atoms with E-state index in [0.29, 0.717) is 6.04 Å². The number of thiophene rings is 1. The van der Waals surface area contributed by atoms with E-state index < -0.39 is 0 Å². The molecule has 3 atom stereocenters. The van der Waals surface area contributed by atoms with Gasteiger partial charge in [0.15, 0.2) is 0 Å². The molecule has 20 heavy (non-hydrogen) atoms. The number of hydrogen-bond donors (Lipinski definition) is 1. The molecule has 4 nitrogen and oxygen atoms in total. The molecular formula is C15H22N2O2S. The van der Waals surface area contributed by atoms with Gasteiger partial charge in [-0.1, -0.05) is 6.07 Å². The van der Waals surface area contributed by atoms with E-state index >= 15 is 0 Å². The fourth-order valence-electron chi connectivity index (χ4n) is 3.30. The SMILES string of the molecule is CN1C[C@H](C(=O)NCCc2cccs2)C[C@@H]2OCC[C@@H]21. The molecule has 0 aliphatic carbocycles. The van der Waals surface area contributed by atoms with Gasteiger partial charge in [-0.15, -0.1) is 11.3 Å². The Morgan fingerprint density at radius 1 is 1.60 bits per heavy atom. The summed E-state index contributed by atoms with van der Waals surface area (Å²) in [5.41, 5.74) is 0. The number of likely N-dealkylation sites (tertiary alicyclic amines) is 1. The summed E-state index contributed by atoms with van der Waals surface area (Å²) < 4.78 is 5.75. The van der Waals surface area contributed by atoms with Crippen molar-refractivity contribution in [2.75, 3.05) is 26.7 Å². The van der Waals surface area contributed by atoms with E-state index in [1.807, 2.05) is 0 Å². The number of nitrogens with zero attached hydrogens (tertiary/aromatic N) is 1. The number of carbonyl (C=O) groups excluding carboxylic acids is 1. The van der Waals surface area contributed by atoms with Gasteiger partial charge in [0.1, 0.15) is 0 Å². The zero-order valence-electron chi connectivity index (χ0n) is 11.9. The van der Waals surface area contributed by atoms with E-state index in [1.54, 1.807) is 11.3 Å². The first-order chi connectivity index (χ1) is 9.74. The monoisotopic (exact) mass is 294 g/mol. The van der Waals surface area contributed by atoms with Gasteiger partial charge in [-0.05, 0) is 37.8 Å². The van der Waals surface area contributed by atoms with Crippen molar-refractivity contribution in [2.24, 2.45) is 5.92 Å².